The van der Waals surface area contributed by atoms with Gasteiger partial charge in [-0.25, -0.2) is 4.99 Å². The number of carbonyl (C=O) groups excluding carboxylic acids is 1. The highest BCUT2D eigenvalue weighted by atomic mass is 19.4. The molecule has 1 aromatic carbocycles. The highest BCUT2D eigenvalue weighted by Gasteiger charge is 2.36. The van der Waals surface area contributed by atoms with Gasteiger partial charge < -0.3 is 5.73 Å². The third-order valence-corrected chi connectivity index (χ3v) is 4.46. The molecule has 0 unspecified atom stereocenters. The maximum absolute atomic E-state index is 12.9. The van der Waals surface area contributed by atoms with E-state index in [1.807, 2.05) is 0 Å². The van der Waals surface area contributed by atoms with Crippen molar-refractivity contribution in [2.75, 3.05) is 7.05 Å². The Morgan fingerprint density at radius 3 is 2.58 bits per heavy atom. The first-order valence-electron chi connectivity index (χ1n) is 7.85. The van der Waals surface area contributed by atoms with Crippen LogP contribution in [0.25, 0.3) is 11.1 Å². The molecule has 26 heavy (non-hydrogen) atoms. The first-order valence-corrected chi connectivity index (χ1v) is 7.85. The highest BCUT2D eigenvalue weighted by Crippen LogP contribution is 2.36. The van der Waals surface area contributed by atoms with Crippen LogP contribution < -0.4 is 5.73 Å². The fourth-order valence-electron chi connectivity index (χ4n) is 2.84. The zero-order chi connectivity index (χ0) is 19.1. The van der Waals surface area contributed by atoms with E-state index in [4.69, 9.17) is 5.73 Å². The third-order valence-electron chi connectivity index (χ3n) is 4.46. The van der Waals surface area contributed by atoms with Crippen LogP contribution in [0.1, 0.15) is 24.5 Å². The average molecular weight is 362 g/mol. The fourth-order valence-corrected chi connectivity index (χ4v) is 2.84. The third kappa shape index (κ3) is 3.26. The van der Waals surface area contributed by atoms with Gasteiger partial charge in [-0.2, -0.15) is 13.2 Å². The van der Waals surface area contributed by atoms with E-state index in [-0.39, 0.29) is 18.3 Å². The topological polar surface area (TPSA) is 71.6 Å². The van der Waals surface area contributed by atoms with Gasteiger partial charge in [-0.3, -0.25) is 14.7 Å². The fraction of sp³-hybridized carbons (Fsp3) is 0.278. The zero-order valence-corrected chi connectivity index (χ0v) is 14.2. The SMILES string of the molecule is CN1C(=O)C[C@@](C)(c2cncc(-c3cccc(C(F)(F)F)c3)c2)N=C1N. The molecule has 1 aromatic heterocycles. The van der Waals surface area contributed by atoms with Gasteiger partial charge in [-0.15, -0.1) is 0 Å². The Hall–Kier alpha value is -2.90. The second kappa shape index (κ2) is 6.12. The van der Waals surface area contributed by atoms with E-state index in [1.165, 1.54) is 24.2 Å². The van der Waals surface area contributed by atoms with Gasteiger partial charge in [-0.05, 0) is 36.2 Å². The number of aliphatic imine (C=N–C) groups is 1. The van der Waals surface area contributed by atoms with E-state index in [1.54, 1.807) is 25.3 Å². The normalized spacial score (nSPS) is 20.9. The first-order chi connectivity index (χ1) is 12.1. The highest BCUT2D eigenvalue weighted by molar-refractivity contribution is 5.98. The predicted octanol–water partition coefficient (Wildman–Crippen LogP) is 3.16. The standard InChI is InChI=1S/C18H17F3N4O/c1-17(8-15(26)25(2)16(22)24-17)14-7-12(9-23-10-14)11-4-3-5-13(6-11)18(19,20)21/h3-7,9-10H,8H2,1-2H3,(H2,22,24)/t17-/m0/s1. The molecule has 1 aliphatic heterocycles. The Morgan fingerprint density at radius 2 is 1.92 bits per heavy atom. The average Bonchev–Trinajstić information content (AvgIpc) is 2.59. The lowest BCUT2D eigenvalue weighted by atomic mass is 9.87. The molecule has 2 heterocycles. The van der Waals surface area contributed by atoms with Gasteiger partial charge >= 0.3 is 6.18 Å². The van der Waals surface area contributed by atoms with E-state index >= 15 is 0 Å². The van der Waals surface area contributed by atoms with Crippen molar-refractivity contribution in [1.29, 1.82) is 0 Å². The van der Waals surface area contributed by atoms with Crippen LogP contribution in [0.2, 0.25) is 0 Å². The number of nitrogens with zero attached hydrogens (tertiary/aromatic N) is 3. The summed E-state index contributed by atoms with van der Waals surface area (Å²) in [6.07, 6.45) is -1.30. The quantitative estimate of drug-likeness (QED) is 0.892. The van der Waals surface area contributed by atoms with E-state index in [0.717, 1.165) is 12.1 Å². The Labute approximate surface area is 148 Å². The second-order valence-corrected chi connectivity index (χ2v) is 6.41. The summed E-state index contributed by atoms with van der Waals surface area (Å²) < 4.78 is 38.8. The molecule has 0 aliphatic carbocycles. The molecule has 0 spiro atoms. The summed E-state index contributed by atoms with van der Waals surface area (Å²) in [7, 11) is 1.54. The van der Waals surface area contributed by atoms with Crippen molar-refractivity contribution in [3.63, 3.8) is 0 Å². The van der Waals surface area contributed by atoms with E-state index in [0.29, 0.717) is 16.7 Å². The Bertz CT molecular complexity index is 894. The smallest absolute Gasteiger partial charge is 0.369 e. The zero-order valence-electron chi connectivity index (χ0n) is 14.2. The molecule has 5 nitrogen and oxygen atoms in total. The van der Waals surface area contributed by atoms with Gasteiger partial charge in [0.2, 0.25) is 5.91 Å². The summed E-state index contributed by atoms with van der Waals surface area (Å²) in [6, 6.07) is 6.71. The number of hydrogen-bond donors (Lipinski definition) is 1. The molecule has 0 radical (unpaired) electrons. The summed E-state index contributed by atoms with van der Waals surface area (Å²) in [6.45, 7) is 1.75. The lowest BCUT2D eigenvalue weighted by Gasteiger charge is -2.33. The Kier molecular flexibility index (Phi) is 4.21. The van der Waals surface area contributed by atoms with Crippen LogP contribution in [-0.4, -0.2) is 28.8 Å². The molecule has 1 amide bonds. The lowest BCUT2D eigenvalue weighted by Crippen LogP contribution is -2.47. The number of carbonyl (C=O) groups is 1. The van der Waals surface area contributed by atoms with Crippen molar-refractivity contribution in [3.8, 4) is 11.1 Å². The minimum absolute atomic E-state index is 0.0909. The molecule has 0 saturated heterocycles. The molecule has 8 heteroatoms. The number of halogens is 3. The minimum atomic E-state index is -4.42. The van der Waals surface area contributed by atoms with Crippen LogP contribution in [0.4, 0.5) is 13.2 Å². The predicted molar refractivity (Wildman–Crippen MR) is 91.0 cm³/mol. The van der Waals surface area contributed by atoms with Crippen molar-refractivity contribution in [3.05, 3.63) is 53.9 Å². The lowest BCUT2D eigenvalue weighted by molar-refractivity contribution is -0.137. The second-order valence-electron chi connectivity index (χ2n) is 6.41. The Morgan fingerprint density at radius 1 is 1.19 bits per heavy atom. The summed E-state index contributed by atoms with van der Waals surface area (Å²) >= 11 is 0. The van der Waals surface area contributed by atoms with Gasteiger partial charge in [0.25, 0.3) is 0 Å². The molecule has 2 aromatic rings. The number of benzene rings is 1. The van der Waals surface area contributed by atoms with E-state index < -0.39 is 17.3 Å². The van der Waals surface area contributed by atoms with Gasteiger partial charge in [0.15, 0.2) is 5.96 Å². The van der Waals surface area contributed by atoms with E-state index in [2.05, 4.69) is 9.98 Å². The molecular weight excluding hydrogens is 345 g/mol. The number of aromatic nitrogens is 1. The van der Waals surface area contributed by atoms with Gasteiger partial charge in [0, 0.05) is 25.0 Å². The summed E-state index contributed by atoms with van der Waals surface area (Å²) in [5.41, 5.74) is 5.66. The van der Waals surface area contributed by atoms with Gasteiger partial charge in [-0.1, -0.05) is 12.1 Å². The molecule has 136 valence electrons. The number of alkyl halides is 3. The number of hydrogen-bond acceptors (Lipinski definition) is 4. The summed E-state index contributed by atoms with van der Waals surface area (Å²) in [5.74, 6) is -0.0994. The molecule has 0 saturated carbocycles. The van der Waals surface area contributed by atoms with E-state index in [9.17, 15) is 18.0 Å². The number of guanidine groups is 1. The minimum Gasteiger partial charge on any atom is -0.369 e. The van der Waals surface area contributed by atoms with Crippen LogP contribution in [0.15, 0.2) is 47.7 Å². The molecule has 3 rings (SSSR count). The molecule has 1 atom stereocenters. The number of amides is 1. The van der Waals surface area contributed by atoms with Crippen LogP contribution in [0.5, 0.6) is 0 Å². The van der Waals surface area contributed by atoms with Crippen LogP contribution in [0, 0.1) is 0 Å². The summed E-state index contributed by atoms with van der Waals surface area (Å²) in [4.78, 5) is 21.9. The Balaban J connectivity index is 2.04. The largest absolute Gasteiger partial charge is 0.416 e. The molecular formula is C18H17F3N4O. The maximum atomic E-state index is 12.9. The molecule has 1 aliphatic rings. The first kappa shape index (κ1) is 17.9. The maximum Gasteiger partial charge on any atom is 0.416 e. The molecule has 0 bridgehead atoms. The summed E-state index contributed by atoms with van der Waals surface area (Å²) in [5, 5.41) is 0. The van der Waals surface area contributed by atoms with Gasteiger partial charge in [0.1, 0.15) is 0 Å². The van der Waals surface area contributed by atoms with Gasteiger partial charge in [0.05, 0.1) is 17.5 Å². The van der Waals surface area contributed by atoms with Crippen molar-refractivity contribution >= 4 is 11.9 Å². The number of rotatable bonds is 2. The number of nitrogens with two attached hydrogens (primary N) is 1. The van der Waals surface area contributed by atoms with Crippen LogP contribution in [0.3, 0.4) is 0 Å². The van der Waals surface area contributed by atoms with Crippen LogP contribution >= 0.6 is 0 Å². The van der Waals surface area contributed by atoms with Crippen molar-refractivity contribution in [2.45, 2.75) is 25.1 Å². The van der Waals surface area contributed by atoms with Crippen LogP contribution in [-0.2, 0) is 16.5 Å². The molecule has 0 fully saturated rings. The number of pyridine rings is 1. The van der Waals surface area contributed by atoms with Crippen molar-refractivity contribution < 1.29 is 18.0 Å². The monoisotopic (exact) mass is 362 g/mol. The van der Waals surface area contributed by atoms with Crippen molar-refractivity contribution in [1.82, 2.24) is 9.88 Å². The molecule has 2 N–H and O–H groups in total. The van der Waals surface area contributed by atoms with Crippen molar-refractivity contribution in [2.24, 2.45) is 10.7 Å².